The zero-order chi connectivity index (χ0) is 9.84. The van der Waals surface area contributed by atoms with Gasteiger partial charge in [0.25, 0.3) is 0 Å². The molecule has 0 bridgehead atoms. The Labute approximate surface area is 84.4 Å². The number of nitrogens with zero attached hydrogens (tertiary/aromatic N) is 1. The molecular formula is C10H18N2S. The Bertz CT molecular complexity index is 248. The van der Waals surface area contributed by atoms with Crippen LogP contribution in [0.15, 0.2) is 0 Å². The molecule has 0 saturated heterocycles. The van der Waals surface area contributed by atoms with Crippen molar-refractivity contribution in [1.82, 2.24) is 10.3 Å². The monoisotopic (exact) mass is 198 g/mol. The van der Waals surface area contributed by atoms with Gasteiger partial charge in [-0.15, -0.1) is 11.3 Å². The molecule has 0 aliphatic heterocycles. The molecule has 1 N–H and O–H groups in total. The van der Waals surface area contributed by atoms with E-state index < -0.39 is 0 Å². The number of thiazole rings is 1. The summed E-state index contributed by atoms with van der Waals surface area (Å²) in [6.45, 7) is 7.54. The van der Waals surface area contributed by atoms with Crippen molar-refractivity contribution in [2.24, 2.45) is 5.92 Å². The van der Waals surface area contributed by atoms with E-state index in [9.17, 15) is 0 Å². The van der Waals surface area contributed by atoms with Crippen molar-refractivity contribution in [1.29, 1.82) is 0 Å². The molecule has 0 saturated carbocycles. The Morgan fingerprint density at radius 1 is 1.46 bits per heavy atom. The molecule has 1 heterocycles. The maximum atomic E-state index is 4.52. The SMILES string of the molecule is CNCC(C)Cc1nc(C)c(C)s1. The van der Waals surface area contributed by atoms with Crippen molar-refractivity contribution < 1.29 is 0 Å². The summed E-state index contributed by atoms with van der Waals surface area (Å²) in [7, 11) is 1.99. The van der Waals surface area contributed by atoms with E-state index >= 15 is 0 Å². The van der Waals surface area contributed by atoms with Crippen LogP contribution in [-0.4, -0.2) is 18.6 Å². The Morgan fingerprint density at radius 2 is 2.15 bits per heavy atom. The van der Waals surface area contributed by atoms with Crippen LogP contribution in [0.1, 0.15) is 22.5 Å². The van der Waals surface area contributed by atoms with Crippen LogP contribution in [0.4, 0.5) is 0 Å². The van der Waals surface area contributed by atoms with Crippen molar-refractivity contribution in [2.75, 3.05) is 13.6 Å². The lowest BCUT2D eigenvalue weighted by atomic mass is 10.1. The van der Waals surface area contributed by atoms with E-state index in [4.69, 9.17) is 0 Å². The lowest BCUT2D eigenvalue weighted by Gasteiger charge is -2.07. The van der Waals surface area contributed by atoms with Gasteiger partial charge < -0.3 is 5.32 Å². The molecular weight excluding hydrogens is 180 g/mol. The highest BCUT2D eigenvalue weighted by atomic mass is 32.1. The van der Waals surface area contributed by atoms with Gasteiger partial charge >= 0.3 is 0 Å². The molecule has 1 aromatic heterocycles. The first-order valence-electron chi connectivity index (χ1n) is 4.71. The molecule has 3 heteroatoms. The van der Waals surface area contributed by atoms with Crippen LogP contribution in [0.3, 0.4) is 0 Å². The second-order valence-electron chi connectivity index (χ2n) is 3.62. The lowest BCUT2D eigenvalue weighted by molar-refractivity contribution is 0.540. The summed E-state index contributed by atoms with van der Waals surface area (Å²) < 4.78 is 0. The molecule has 1 atom stereocenters. The highest BCUT2D eigenvalue weighted by molar-refractivity contribution is 7.11. The molecule has 0 aliphatic rings. The third-order valence-corrected chi connectivity index (χ3v) is 3.24. The standard InChI is InChI=1S/C10H18N2S/c1-7(6-11-4)5-10-12-8(2)9(3)13-10/h7,11H,5-6H2,1-4H3. The third kappa shape index (κ3) is 3.08. The van der Waals surface area contributed by atoms with Crippen molar-refractivity contribution in [3.05, 3.63) is 15.6 Å². The van der Waals surface area contributed by atoms with Crippen LogP contribution >= 0.6 is 11.3 Å². The average molecular weight is 198 g/mol. The molecule has 13 heavy (non-hydrogen) atoms. The number of aromatic nitrogens is 1. The summed E-state index contributed by atoms with van der Waals surface area (Å²) in [5.74, 6) is 0.676. The molecule has 1 rings (SSSR count). The van der Waals surface area contributed by atoms with Gasteiger partial charge in [0.2, 0.25) is 0 Å². The van der Waals surface area contributed by atoms with Gasteiger partial charge in [-0.05, 0) is 33.4 Å². The van der Waals surface area contributed by atoms with Gasteiger partial charge in [0.15, 0.2) is 0 Å². The quantitative estimate of drug-likeness (QED) is 0.802. The van der Waals surface area contributed by atoms with E-state index in [1.165, 1.54) is 15.6 Å². The van der Waals surface area contributed by atoms with Crippen molar-refractivity contribution in [2.45, 2.75) is 27.2 Å². The summed E-state index contributed by atoms with van der Waals surface area (Å²) in [5, 5.41) is 4.46. The first-order valence-corrected chi connectivity index (χ1v) is 5.52. The van der Waals surface area contributed by atoms with Crippen molar-refractivity contribution in [3.63, 3.8) is 0 Å². The zero-order valence-corrected chi connectivity index (χ0v) is 9.66. The fraction of sp³-hybridized carbons (Fsp3) is 0.700. The normalized spacial score (nSPS) is 13.2. The van der Waals surface area contributed by atoms with Gasteiger partial charge in [-0.1, -0.05) is 6.92 Å². The van der Waals surface area contributed by atoms with Crippen LogP contribution in [0.5, 0.6) is 0 Å². The minimum Gasteiger partial charge on any atom is -0.319 e. The molecule has 0 amide bonds. The third-order valence-electron chi connectivity index (χ3n) is 2.15. The van der Waals surface area contributed by atoms with Gasteiger partial charge in [0.1, 0.15) is 0 Å². The van der Waals surface area contributed by atoms with E-state index in [1.54, 1.807) is 0 Å². The first-order chi connectivity index (χ1) is 6.13. The minimum absolute atomic E-state index is 0.676. The van der Waals surface area contributed by atoms with E-state index in [0.29, 0.717) is 5.92 Å². The Hall–Kier alpha value is -0.410. The van der Waals surface area contributed by atoms with E-state index in [-0.39, 0.29) is 0 Å². The minimum atomic E-state index is 0.676. The van der Waals surface area contributed by atoms with E-state index in [1.807, 2.05) is 18.4 Å². The predicted molar refractivity (Wildman–Crippen MR) is 58.4 cm³/mol. The highest BCUT2D eigenvalue weighted by Gasteiger charge is 2.07. The van der Waals surface area contributed by atoms with Gasteiger partial charge in [-0.2, -0.15) is 0 Å². The highest BCUT2D eigenvalue weighted by Crippen LogP contribution is 2.19. The fourth-order valence-electron chi connectivity index (χ4n) is 1.35. The van der Waals surface area contributed by atoms with Gasteiger partial charge in [0.05, 0.1) is 10.7 Å². The smallest absolute Gasteiger partial charge is 0.0934 e. The predicted octanol–water partition coefficient (Wildman–Crippen LogP) is 2.16. The number of hydrogen-bond acceptors (Lipinski definition) is 3. The summed E-state index contributed by atoms with van der Waals surface area (Å²) in [4.78, 5) is 5.88. The van der Waals surface area contributed by atoms with Gasteiger partial charge in [0, 0.05) is 11.3 Å². The second-order valence-corrected chi connectivity index (χ2v) is 4.90. The maximum Gasteiger partial charge on any atom is 0.0934 e. The Kier molecular flexibility index (Phi) is 3.88. The average Bonchev–Trinajstić information content (AvgIpc) is 2.31. The maximum absolute atomic E-state index is 4.52. The summed E-state index contributed by atoms with van der Waals surface area (Å²) in [6.07, 6.45) is 1.10. The summed E-state index contributed by atoms with van der Waals surface area (Å²) >= 11 is 1.83. The number of nitrogens with one attached hydrogen (secondary N) is 1. The molecule has 0 spiro atoms. The van der Waals surface area contributed by atoms with Gasteiger partial charge in [-0.3, -0.25) is 0 Å². The van der Waals surface area contributed by atoms with Crippen LogP contribution in [-0.2, 0) is 6.42 Å². The molecule has 0 fully saturated rings. The summed E-state index contributed by atoms with van der Waals surface area (Å²) in [6, 6.07) is 0. The number of rotatable bonds is 4. The second kappa shape index (κ2) is 4.72. The largest absolute Gasteiger partial charge is 0.319 e. The molecule has 74 valence electrons. The molecule has 0 radical (unpaired) electrons. The van der Waals surface area contributed by atoms with E-state index in [0.717, 1.165) is 13.0 Å². The topological polar surface area (TPSA) is 24.9 Å². The van der Waals surface area contributed by atoms with Crippen molar-refractivity contribution >= 4 is 11.3 Å². The molecule has 1 unspecified atom stereocenters. The van der Waals surface area contributed by atoms with Crippen molar-refractivity contribution in [3.8, 4) is 0 Å². The molecule has 0 aliphatic carbocycles. The van der Waals surface area contributed by atoms with Gasteiger partial charge in [-0.25, -0.2) is 4.98 Å². The summed E-state index contributed by atoms with van der Waals surface area (Å²) in [5.41, 5.74) is 1.19. The molecule has 1 aromatic rings. The zero-order valence-electron chi connectivity index (χ0n) is 8.85. The molecule has 2 nitrogen and oxygen atoms in total. The first kappa shape index (κ1) is 10.7. The van der Waals surface area contributed by atoms with Crippen LogP contribution in [0.2, 0.25) is 0 Å². The van der Waals surface area contributed by atoms with Crippen LogP contribution in [0.25, 0.3) is 0 Å². The Morgan fingerprint density at radius 3 is 2.62 bits per heavy atom. The molecule has 0 aromatic carbocycles. The fourth-order valence-corrected chi connectivity index (χ4v) is 2.44. The Balaban J connectivity index is 2.53. The van der Waals surface area contributed by atoms with E-state index in [2.05, 4.69) is 31.1 Å². The number of aryl methyl sites for hydroxylation is 2. The van der Waals surface area contributed by atoms with Crippen LogP contribution < -0.4 is 5.32 Å². The number of hydrogen-bond donors (Lipinski definition) is 1. The lowest BCUT2D eigenvalue weighted by Crippen LogP contribution is -2.17. The van der Waals surface area contributed by atoms with Crippen LogP contribution in [0, 0.1) is 19.8 Å².